The number of amides is 1. The smallest absolute Gasteiger partial charge is 0.224 e. The third-order valence-electron chi connectivity index (χ3n) is 5.16. The summed E-state index contributed by atoms with van der Waals surface area (Å²) in [6, 6.07) is 16.5. The van der Waals surface area contributed by atoms with Gasteiger partial charge in [-0.25, -0.2) is 0 Å². The molecule has 0 fully saturated rings. The first-order chi connectivity index (χ1) is 11.3. The third-order valence-corrected chi connectivity index (χ3v) is 5.16. The quantitative estimate of drug-likeness (QED) is 0.812. The van der Waals surface area contributed by atoms with E-state index in [4.69, 9.17) is 4.74 Å². The Morgan fingerprint density at radius 3 is 2.33 bits per heavy atom. The number of anilines is 1. The highest BCUT2D eigenvalue weighted by Crippen LogP contribution is 2.51. The first kappa shape index (κ1) is 16.6. The molecule has 0 aliphatic carbocycles. The fourth-order valence-corrected chi connectivity index (χ4v) is 4.30. The second kappa shape index (κ2) is 5.66. The van der Waals surface area contributed by atoms with Crippen LogP contribution in [0.1, 0.15) is 45.2 Å². The fourth-order valence-electron chi connectivity index (χ4n) is 4.30. The first-order valence-corrected chi connectivity index (χ1v) is 8.34. The number of methoxy groups -OCH3 is 1. The number of nitrogens with zero attached hydrogens (tertiary/aromatic N) is 1. The highest BCUT2D eigenvalue weighted by atomic mass is 16.5. The fraction of sp³-hybridized carbons (Fsp3) is 0.381. The van der Waals surface area contributed by atoms with Crippen LogP contribution in [0.5, 0.6) is 5.75 Å². The van der Waals surface area contributed by atoms with Gasteiger partial charge in [0, 0.05) is 23.6 Å². The van der Waals surface area contributed by atoms with Gasteiger partial charge in [-0.3, -0.25) is 4.79 Å². The van der Waals surface area contributed by atoms with E-state index in [-0.39, 0.29) is 16.9 Å². The Bertz CT molecular complexity index is 767. The third kappa shape index (κ3) is 2.48. The van der Waals surface area contributed by atoms with Crippen molar-refractivity contribution in [2.45, 2.75) is 45.1 Å². The number of fused-ring (bicyclic) bond motifs is 1. The largest absolute Gasteiger partial charge is 0.497 e. The number of hydrogen-bond acceptors (Lipinski definition) is 2. The predicted octanol–water partition coefficient (Wildman–Crippen LogP) is 4.54. The van der Waals surface area contributed by atoms with Gasteiger partial charge in [0.25, 0.3) is 0 Å². The molecule has 0 radical (unpaired) electrons. The van der Waals surface area contributed by atoms with Crippen LogP contribution in [0, 0.1) is 0 Å². The summed E-state index contributed by atoms with van der Waals surface area (Å²) in [5, 5.41) is 0. The van der Waals surface area contributed by atoms with Gasteiger partial charge in [0.2, 0.25) is 5.91 Å². The molecule has 1 aliphatic rings. The second-order valence-electron chi connectivity index (χ2n) is 7.42. The molecule has 1 aliphatic heterocycles. The topological polar surface area (TPSA) is 29.5 Å². The van der Waals surface area contributed by atoms with Gasteiger partial charge in [-0.05, 0) is 49.6 Å². The second-order valence-corrected chi connectivity index (χ2v) is 7.42. The van der Waals surface area contributed by atoms with E-state index in [1.807, 2.05) is 23.1 Å². The van der Waals surface area contributed by atoms with E-state index in [1.165, 1.54) is 5.56 Å². The van der Waals surface area contributed by atoms with Gasteiger partial charge < -0.3 is 9.64 Å². The lowest BCUT2D eigenvalue weighted by Crippen LogP contribution is -2.55. The van der Waals surface area contributed by atoms with Crippen molar-refractivity contribution in [3.8, 4) is 5.75 Å². The summed E-state index contributed by atoms with van der Waals surface area (Å²) in [7, 11) is 1.68. The minimum absolute atomic E-state index is 0.0709. The molecule has 0 N–H and O–H groups in total. The average Bonchev–Trinajstić information content (AvgIpc) is 2.54. The minimum atomic E-state index is -0.266. The van der Waals surface area contributed by atoms with Gasteiger partial charge >= 0.3 is 0 Å². The molecule has 2 aromatic rings. The average molecular weight is 323 g/mol. The molecule has 0 saturated heterocycles. The van der Waals surface area contributed by atoms with Crippen LogP contribution in [0.4, 0.5) is 5.69 Å². The van der Waals surface area contributed by atoms with E-state index in [1.54, 1.807) is 14.0 Å². The molecule has 1 heterocycles. The maximum Gasteiger partial charge on any atom is 0.224 e. The molecule has 0 spiro atoms. The Kier molecular flexibility index (Phi) is 3.90. The van der Waals surface area contributed by atoms with Crippen molar-refractivity contribution in [1.82, 2.24) is 0 Å². The highest BCUT2D eigenvalue weighted by molar-refractivity contribution is 5.95. The molecule has 3 heteroatoms. The molecule has 1 amide bonds. The summed E-state index contributed by atoms with van der Waals surface area (Å²) >= 11 is 0. The van der Waals surface area contributed by atoms with E-state index in [2.05, 4.69) is 51.1 Å². The van der Waals surface area contributed by atoms with E-state index in [9.17, 15) is 4.79 Å². The zero-order valence-electron chi connectivity index (χ0n) is 15.1. The van der Waals surface area contributed by atoms with Gasteiger partial charge in [0.1, 0.15) is 5.75 Å². The molecule has 3 rings (SSSR count). The van der Waals surface area contributed by atoms with Crippen LogP contribution in [-0.2, 0) is 10.2 Å². The normalized spacial score (nSPS) is 22.0. The number of rotatable bonds is 2. The van der Waals surface area contributed by atoms with Crippen molar-refractivity contribution in [2.24, 2.45) is 0 Å². The molecular formula is C21H25NO2. The van der Waals surface area contributed by atoms with Gasteiger partial charge in [0.15, 0.2) is 0 Å². The number of hydrogen-bond donors (Lipinski definition) is 0. The maximum atomic E-state index is 12.4. The predicted molar refractivity (Wildman–Crippen MR) is 97.7 cm³/mol. The SMILES string of the molecule is COc1ccc2c(c1)C(C)(c1ccccc1)CC(C)(C)N2C(C)=O. The minimum Gasteiger partial charge on any atom is -0.497 e. The summed E-state index contributed by atoms with van der Waals surface area (Å²) < 4.78 is 5.45. The van der Waals surface area contributed by atoms with E-state index in [0.717, 1.165) is 23.4 Å². The van der Waals surface area contributed by atoms with Crippen LogP contribution in [-0.4, -0.2) is 18.6 Å². The Labute approximate surface area is 144 Å². The Hall–Kier alpha value is -2.29. The van der Waals surface area contributed by atoms with Crippen LogP contribution in [0.15, 0.2) is 48.5 Å². The lowest BCUT2D eigenvalue weighted by Gasteiger charge is -2.51. The monoisotopic (exact) mass is 323 g/mol. The number of benzene rings is 2. The first-order valence-electron chi connectivity index (χ1n) is 8.34. The van der Waals surface area contributed by atoms with Crippen LogP contribution < -0.4 is 9.64 Å². The van der Waals surface area contributed by atoms with Crippen molar-refractivity contribution in [3.63, 3.8) is 0 Å². The number of carbonyl (C=O) groups is 1. The van der Waals surface area contributed by atoms with Crippen molar-refractivity contribution in [1.29, 1.82) is 0 Å². The van der Waals surface area contributed by atoms with Crippen molar-refractivity contribution >= 4 is 11.6 Å². The summed E-state index contributed by atoms with van der Waals surface area (Å²) in [6.45, 7) is 8.19. The summed E-state index contributed by atoms with van der Waals surface area (Å²) in [5.74, 6) is 0.889. The number of carbonyl (C=O) groups excluding carboxylic acids is 1. The molecule has 1 atom stereocenters. The summed E-state index contributed by atoms with van der Waals surface area (Å²) in [6.07, 6.45) is 0.851. The molecule has 3 nitrogen and oxygen atoms in total. The summed E-state index contributed by atoms with van der Waals surface area (Å²) in [4.78, 5) is 14.3. The lowest BCUT2D eigenvalue weighted by atomic mass is 9.65. The molecule has 1 unspecified atom stereocenters. The lowest BCUT2D eigenvalue weighted by molar-refractivity contribution is -0.117. The molecule has 2 aromatic carbocycles. The molecule has 0 aromatic heterocycles. The Morgan fingerprint density at radius 1 is 1.08 bits per heavy atom. The van der Waals surface area contributed by atoms with E-state index in [0.29, 0.717) is 0 Å². The van der Waals surface area contributed by atoms with Crippen LogP contribution in [0.25, 0.3) is 0 Å². The molecule has 0 bridgehead atoms. The van der Waals surface area contributed by atoms with Crippen molar-refractivity contribution < 1.29 is 9.53 Å². The van der Waals surface area contributed by atoms with E-state index >= 15 is 0 Å². The van der Waals surface area contributed by atoms with Gasteiger partial charge in [-0.1, -0.05) is 37.3 Å². The highest BCUT2D eigenvalue weighted by Gasteiger charge is 2.47. The summed E-state index contributed by atoms with van der Waals surface area (Å²) in [5.41, 5.74) is 2.93. The molecule has 24 heavy (non-hydrogen) atoms. The van der Waals surface area contributed by atoms with Gasteiger partial charge in [-0.15, -0.1) is 0 Å². The van der Waals surface area contributed by atoms with Crippen LogP contribution in [0.3, 0.4) is 0 Å². The van der Waals surface area contributed by atoms with Gasteiger partial charge in [-0.2, -0.15) is 0 Å². The Morgan fingerprint density at radius 2 is 1.75 bits per heavy atom. The van der Waals surface area contributed by atoms with Crippen LogP contribution in [0.2, 0.25) is 0 Å². The standard InChI is InChI=1S/C21H25NO2/c1-15(23)22-19-12-11-17(24-5)13-18(19)21(4,14-20(22,2)3)16-9-7-6-8-10-16/h6-13H,14H2,1-5H3. The van der Waals surface area contributed by atoms with Crippen LogP contribution >= 0.6 is 0 Å². The van der Waals surface area contributed by atoms with Gasteiger partial charge in [0.05, 0.1) is 7.11 Å². The molecular weight excluding hydrogens is 298 g/mol. The van der Waals surface area contributed by atoms with Crippen molar-refractivity contribution in [2.75, 3.05) is 12.0 Å². The van der Waals surface area contributed by atoms with Crippen molar-refractivity contribution in [3.05, 3.63) is 59.7 Å². The number of ether oxygens (including phenoxy) is 1. The maximum absolute atomic E-state index is 12.4. The zero-order valence-corrected chi connectivity index (χ0v) is 15.1. The molecule has 126 valence electrons. The molecule has 0 saturated carbocycles. The van der Waals surface area contributed by atoms with E-state index < -0.39 is 0 Å². The zero-order chi connectivity index (χ0) is 17.5. The Balaban J connectivity index is 2.30.